The maximum absolute atomic E-state index is 12.6. The van der Waals surface area contributed by atoms with Crippen molar-refractivity contribution < 1.29 is 4.79 Å². The number of aromatic nitrogens is 2. The molecule has 2 N–H and O–H groups in total. The van der Waals surface area contributed by atoms with Crippen molar-refractivity contribution in [2.24, 2.45) is 0 Å². The Hall–Kier alpha value is -3.92. The summed E-state index contributed by atoms with van der Waals surface area (Å²) in [6.07, 6.45) is 1.66. The van der Waals surface area contributed by atoms with Gasteiger partial charge in [-0.25, -0.2) is 4.98 Å². The van der Waals surface area contributed by atoms with Crippen LogP contribution in [0, 0.1) is 11.3 Å². The standard InChI is InChI=1S/C21H18N6O/c22-14-15-5-4-8-17(13-15)25-21-24-10-9-18(26-21)27-12-11-23-20(28)19(27)16-6-2-1-3-7-16/h1-10,13,19H,11-12H2,(H,23,28)(H,24,25,26). The zero-order valence-corrected chi connectivity index (χ0v) is 15.0. The van der Waals surface area contributed by atoms with Gasteiger partial charge in [-0.3, -0.25) is 4.79 Å². The summed E-state index contributed by atoms with van der Waals surface area (Å²) in [5.41, 5.74) is 2.19. The first-order valence-electron chi connectivity index (χ1n) is 8.94. The summed E-state index contributed by atoms with van der Waals surface area (Å²) < 4.78 is 0. The van der Waals surface area contributed by atoms with Gasteiger partial charge < -0.3 is 15.5 Å². The fourth-order valence-corrected chi connectivity index (χ4v) is 3.25. The Morgan fingerprint density at radius 3 is 2.82 bits per heavy atom. The summed E-state index contributed by atoms with van der Waals surface area (Å²) in [5, 5.41) is 15.1. The van der Waals surface area contributed by atoms with Gasteiger partial charge in [0.1, 0.15) is 11.9 Å². The van der Waals surface area contributed by atoms with Crippen LogP contribution in [0.2, 0.25) is 0 Å². The number of nitrogens with zero attached hydrogens (tertiary/aromatic N) is 4. The highest BCUT2D eigenvalue weighted by atomic mass is 16.2. The second-order valence-corrected chi connectivity index (χ2v) is 6.35. The van der Waals surface area contributed by atoms with Crippen LogP contribution in [0.15, 0.2) is 66.9 Å². The highest BCUT2D eigenvalue weighted by molar-refractivity contribution is 5.87. The van der Waals surface area contributed by atoms with Crippen LogP contribution < -0.4 is 15.5 Å². The lowest BCUT2D eigenvalue weighted by Crippen LogP contribution is -2.50. The van der Waals surface area contributed by atoms with E-state index in [9.17, 15) is 4.79 Å². The molecule has 1 unspecified atom stereocenters. The zero-order chi connectivity index (χ0) is 19.3. The average molecular weight is 370 g/mol. The first kappa shape index (κ1) is 17.5. The summed E-state index contributed by atoms with van der Waals surface area (Å²) in [4.78, 5) is 23.4. The highest BCUT2D eigenvalue weighted by Crippen LogP contribution is 2.28. The fourth-order valence-electron chi connectivity index (χ4n) is 3.25. The van der Waals surface area contributed by atoms with Gasteiger partial charge in [0.25, 0.3) is 0 Å². The molecule has 1 fully saturated rings. The van der Waals surface area contributed by atoms with Gasteiger partial charge in [-0.2, -0.15) is 10.2 Å². The monoisotopic (exact) mass is 370 g/mol. The first-order chi connectivity index (χ1) is 13.7. The van der Waals surface area contributed by atoms with Crippen molar-refractivity contribution in [3.8, 4) is 6.07 Å². The van der Waals surface area contributed by atoms with Gasteiger partial charge in [0.05, 0.1) is 11.6 Å². The second-order valence-electron chi connectivity index (χ2n) is 6.35. The summed E-state index contributed by atoms with van der Waals surface area (Å²) in [6.45, 7) is 1.20. The van der Waals surface area contributed by atoms with Crippen molar-refractivity contribution in [1.82, 2.24) is 15.3 Å². The lowest BCUT2D eigenvalue weighted by atomic mass is 10.0. The van der Waals surface area contributed by atoms with Crippen molar-refractivity contribution in [2.45, 2.75) is 6.04 Å². The van der Waals surface area contributed by atoms with Gasteiger partial charge in [0, 0.05) is 25.0 Å². The molecule has 7 nitrogen and oxygen atoms in total. The predicted molar refractivity (Wildman–Crippen MR) is 106 cm³/mol. The van der Waals surface area contributed by atoms with Crippen molar-refractivity contribution >= 4 is 23.4 Å². The van der Waals surface area contributed by atoms with Crippen LogP contribution in [-0.4, -0.2) is 29.0 Å². The Balaban J connectivity index is 1.64. The van der Waals surface area contributed by atoms with E-state index in [1.165, 1.54) is 0 Å². The molecule has 1 atom stereocenters. The van der Waals surface area contributed by atoms with E-state index in [0.29, 0.717) is 30.4 Å². The molecule has 0 aliphatic carbocycles. The number of nitriles is 1. The number of nitrogens with one attached hydrogen (secondary N) is 2. The molecule has 1 amide bonds. The summed E-state index contributed by atoms with van der Waals surface area (Å²) in [6, 6.07) is 20.2. The molecule has 138 valence electrons. The minimum atomic E-state index is -0.445. The molecule has 3 aromatic rings. The molecule has 0 bridgehead atoms. The number of benzene rings is 2. The van der Waals surface area contributed by atoms with E-state index in [1.54, 1.807) is 30.5 Å². The number of hydrogen-bond acceptors (Lipinski definition) is 6. The molecule has 2 aromatic carbocycles. The van der Waals surface area contributed by atoms with E-state index in [-0.39, 0.29) is 5.91 Å². The Kier molecular flexibility index (Phi) is 4.85. The van der Waals surface area contributed by atoms with Gasteiger partial charge in [-0.15, -0.1) is 0 Å². The molecule has 0 saturated carbocycles. The number of piperazine rings is 1. The Morgan fingerprint density at radius 1 is 1.14 bits per heavy atom. The minimum absolute atomic E-state index is 0.0488. The number of anilines is 3. The van der Waals surface area contributed by atoms with Crippen LogP contribution in [-0.2, 0) is 4.79 Å². The van der Waals surface area contributed by atoms with Crippen molar-refractivity contribution in [2.75, 3.05) is 23.3 Å². The summed E-state index contributed by atoms with van der Waals surface area (Å²) in [5.74, 6) is 1.02. The smallest absolute Gasteiger partial charge is 0.247 e. The van der Waals surface area contributed by atoms with Gasteiger partial charge in [0.2, 0.25) is 11.9 Å². The number of carbonyl (C=O) groups is 1. The molecule has 1 aliphatic rings. The van der Waals surface area contributed by atoms with Crippen molar-refractivity contribution in [3.05, 3.63) is 78.0 Å². The van der Waals surface area contributed by atoms with Crippen molar-refractivity contribution in [3.63, 3.8) is 0 Å². The lowest BCUT2D eigenvalue weighted by molar-refractivity contribution is -0.123. The van der Waals surface area contributed by atoms with Crippen LogP contribution in [0.3, 0.4) is 0 Å². The molecule has 1 aliphatic heterocycles. The molecule has 2 heterocycles. The maximum Gasteiger partial charge on any atom is 0.247 e. The second kappa shape index (κ2) is 7.76. The largest absolute Gasteiger partial charge is 0.352 e. The Morgan fingerprint density at radius 2 is 2.00 bits per heavy atom. The van der Waals surface area contributed by atoms with Crippen LogP contribution >= 0.6 is 0 Å². The van der Waals surface area contributed by atoms with E-state index in [0.717, 1.165) is 11.3 Å². The SMILES string of the molecule is N#Cc1cccc(Nc2nccc(N3CCNC(=O)C3c3ccccc3)n2)c1. The molecule has 0 radical (unpaired) electrons. The molecule has 4 rings (SSSR count). The molecular formula is C21H18N6O. The van der Waals surface area contributed by atoms with Gasteiger partial charge in [-0.05, 0) is 29.8 Å². The quantitative estimate of drug-likeness (QED) is 0.733. The van der Waals surface area contributed by atoms with Crippen molar-refractivity contribution in [1.29, 1.82) is 5.26 Å². The molecule has 1 saturated heterocycles. The van der Waals surface area contributed by atoms with Gasteiger partial charge in [-0.1, -0.05) is 36.4 Å². The van der Waals surface area contributed by atoms with E-state index in [4.69, 9.17) is 5.26 Å². The van der Waals surface area contributed by atoms with Crippen LogP contribution in [0.25, 0.3) is 0 Å². The average Bonchev–Trinajstić information content (AvgIpc) is 2.74. The predicted octanol–water partition coefficient (Wildman–Crippen LogP) is 2.77. The number of rotatable bonds is 4. The zero-order valence-electron chi connectivity index (χ0n) is 15.0. The number of amides is 1. The summed E-state index contributed by atoms with van der Waals surface area (Å²) in [7, 11) is 0. The molecule has 1 aromatic heterocycles. The van der Waals surface area contributed by atoms with Crippen LogP contribution in [0.1, 0.15) is 17.2 Å². The Bertz CT molecular complexity index is 1030. The van der Waals surface area contributed by atoms with E-state index < -0.39 is 6.04 Å². The first-order valence-corrected chi connectivity index (χ1v) is 8.94. The fraction of sp³-hybridized carbons (Fsp3) is 0.143. The third kappa shape index (κ3) is 3.62. The third-order valence-electron chi connectivity index (χ3n) is 4.51. The molecule has 28 heavy (non-hydrogen) atoms. The highest BCUT2D eigenvalue weighted by Gasteiger charge is 2.32. The van der Waals surface area contributed by atoms with E-state index in [2.05, 4.69) is 26.7 Å². The van der Waals surface area contributed by atoms with Crippen LogP contribution in [0.5, 0.6) is 0 Å². The minimum Gasteiger partial charge on any atom is -0.352 e. The third-order valence-corrected chi connectivity index (χ3v) is 4.51. The number of hydrogen-bond donors (Lipinski definition) is 2. The van der Waals surface area contributed by atoms with Gasteiger partial charge >= 0.3 is 0 Å². The summed E-state index contributed by atoms with van der Waals surface area (Å²) >= 11 is 0. The van der Waals surface area contributed by atoms with E-state index >= 15 is 0 Å². The Labute approximate surface area is 162 Å². The van der Waals surface area contributed by atoms with Crippen LogP contribution in [0.4, 0.5) is 17.5 Å². The lowest BCUT2D eigenvalue weighted by Gasteiger charge is -2.36. The normalized spacial score (nSPS) is 16.2. The topological polar surface area (TPSA) is 93.9 Å². The van der Waals surface area contributed by atoms with E-state index in [1.807, 2.05) is 41.3 Å². The molecular weight excluding hydrogens is 352 g/mol. The maximum atomic E-state index is 12.6. The molecule has 0 spiro atoms. The number of carbonyl (C=O) groups excluding carboxylic acids is 1. The molecule has 7 heteroatoms. The van der Waals surface area contributed by atoms with Gasteiger partial charge in [0.15, 0.2) is 0 Å².